The Hall–Kier alpha value is -2.47. The molecular formula is C26H33N3O2. The Bertz CT molecular complexity index is 1040. The van der Waals surface area contributed by atoms with Crippen LogP contribution in [0.1, 0.15) is 42.5 Å². The van der Waals surface area contributed by atoms with E-state index < -0.39 is 0 Å². The number of fused-ring (bicyclic) bond motifs is 1. The summed E-state index contributed by atoms with van der Waals surface area (Å²) < 4.78 is 5.17. The van der Waals surface area contributed by atoms with Gasteiger partial charge in [0.25, 0.3) is 5.56 Å². The van der Waals surface area contributed by atoms with E-state index >= 15 is 0 Å². The first-order valence-electron chi connectivity index (χ1n) is 11.4. The highest BCUT2D eigenvalue weighted by atomic mass is 16.5. The highest BCUT2D eigenvalue weighted by Gasteiger charge is 2.27. The predicted molar refractivity (Wildman–Crippen MR) is 127 cm³/mol. The summed E-state index contributed by atoms with van der Waals surface area (Å²) in [5.41, 5.74) is 4.35. The van der Waals surface area contributed by atoms with E-state index in [4.69, 9.17) is 4.74 Å². The molecule has 0 amide bonds. The van der Waals surface area contributed by atoms with E-state index in [0.29, 0.717) is 6.04 Å². The third kappa shape index (κ3) is 5.06. The van der Waals surface area contributed by atoms with Gasteiger partial charge in [-0.25, -0.2) is 0 Å². The molecule has 2 aromatic carbocycles. The second-order valence-electron chi connectivity index (χ2n) is 8.39. The number of aryl methyl sites for hydroxylation is 1. The molecule has 1 saturated heterocycles. The van der Waals surface area contributed by atoms with Gasteiger partial charge in [-0.1, -0.05) is 43.3 Å². The van der Waals surface area contributed by atoms with E-state index in [2.05, 4.69) is 63.7 Å². The van der Waals surface area contributed by atoms with E-state index in [1.807, 2.05) is 13.0 Å². The number of ether oxygens (including phenoxy) is 1. The molecule has 5 nitrogen and oxygen atoms in total. The zero-order valence-electron chi connectivity index (χ0n) is 18.6. The van der Waals surface area contributed by atoms with E-state index in [1.165, 1.54) is 11.1 Å². The first kappa shape index (κ1) is 21.8. The van der Waals surface area contributed by atoms with Crippen molar-refractivity contribution >= 4 is 10.9 Å². The van der Waals surface area contributed by atoms with Gasteiger partial charge in [-0.2, -0.15) is 0 Å². The first-order chi connectivity index (χ1) is 15.2. The van der Waals surface area contributed by atoms with E-state index in [0.717, 1.165) is 62.0 Å². The molecule has 1 aliphatic heterocycles. The monoisotopic (exact) mass is 419 g/mol. The van der Waals surface area contributed by atoms with Crippen LogP contribution in [-0.4, -0.2) is 49.3 Å². The van der Waals surface area contributed by atoms with Crippen LogP contribution < -0.4 is 10.9 Å². The predicted octanol–water partition coefficient (Wildman–Crippen LogP) is 3.88. The van der Waals surface area contributed by atoms with Gasteiger partial charge in [0.05, 0.1) is 12.6 Å². The van der Waals surface area contributed by atoms with Crippen molar-refractivity contribution in [1.29, 1.82) is 0 Å². The second-order valence-corrected chi connectivity index (χ2v) is 8.39. The number of aromatic nitrogens is 1. The average Bonchev–Trinajstić information content (AvgIpc) is 2.81. The molecule has 31 heavy (non-hydrogen) atoms. The van der Waals surface area contributed by atoms with Crippen molar-refractivity contribution in [3.05, 3.63) is 81.6 Å². The molecule has 3 aromatic rings. The van der Waals surface area contributed by atoms with Crippen LogP contribution in [0.15, 0.2) is 59.4 Å². The van der Waals surface area contributed by atoms with Crippen molar-refractivity contribution in [3.63, 3.8) is 0 Å². The molecule has 5 heteroatoms. The molecule has 164 valence electrons. The smallest absolute Gasteiger partial charge is 0.251 e. The summed E-state index contributed by atoms with van der Waals surface area (Å²) in [5, 5.41) is 4.72. The normalized spacial score (nSPS) is 16.6. The largest absolute Gasteiger partial charge is 0.383 e. The molecule has 1 fully saturated rings. The minimum Gasteiger partial charge on any atom is -0.383 e. The number of rotatable bonds is 8. The van der Waals surface area contributed by atoms with Crippen LogP contribution in [0.25, 0.3) is 10.9 Å². The van der Waals surface area contributed by atoms with Gasteiger partial charge in [-0.15, -0.1) is 0 Å². The van der Waals surface area contributed by atoms with Crippen LogP contribution in [0.5, 0.6) is 0 Å². The van der Waals surface area contributed by atoms with E-state index in [1.54, 1.807) is 7.11 Å². The number of hydrogen-bond acceptors (Lipinski definition) is 4. The fraction of sp³-hybridized carbons (Fsp3) is 0.423. The molecule has 0 radical (unpaired) electrons. The van der Waals surface area contributed by atoms with Crippen LogP contribution in [0, 0.1) is 0 Å². The molecule has 1 atom stereocenters. The summed E-state index contributed by atoms with van der Waals surface area (Å²) in [6.45, 7) is 5.79. The number of methoxy groups -OCH3 is 1. The highest BCUT2D eigenvalue weighted by molar-refractivity contribution is 5.80. The lowest BCUT2D eigenvalue weighted by Gasteiger charge is -2.38. The first-order valence-corrected chi connectivity index (χ1v) is 11.4. The number of nitrogens with zero attached hydrogens (tertiary/aromatic N) is 1. The van der Waals surface area contributed by atoms with Crippen molar-refractivity contribution in [2.75, 3.05) is 33.4 Å². The Balaban J connectivity index is 1.62. The number of pyridine rings is 1. The quantitative estimate of drug-likeness (QED) is 0.544. The van der Waals surface area contributed by atoms with Crippen LogP contribution >= 0.6 is 0 Å². The van der Waals surface area contributed by atoms with Gasteiger partial charge < -0.3 is 15.0 Å². The third-order valence-corrected chi connectivity index (χ3v) is 6.39. The Labute approximate surface area is 184 Å². The molecule has 2 N–H and O–H groups in total. The molecule has 1 aliphatic rings. The highest BCUT2D eigenvalue weighted by Crippen LogP contribution is 2.32. The Morgan fingerprint density at radius 2 is 1.87 bits per heavy atom. The Kier molecular flexibility index (Phi) is 7.17. The zero-order chi connectivity index (χ0) is 21.6. The molecule has 0 aliphatic carbocycles. The average molecular weight is 420 g/mol. The number of piperidine rings is 1. The number of benzene rings is 2. The Morgan fingerprint density at radius 3 is 2.58 bits per heavy atom. The van der Waals surface area contributed by atoms with Crippen molar-refractivity contribution in [3.8, 4) is 0 Å². The van der Waals surface area contributed by atoms with Gasteiger partial charge in [0.2, 0.25) is 0 Å². The van der Waals surface area contributed by atoms with Crippen LogP contribution in [-0.2, 0) is 11.2 Å². The molecule has 1 unspecified atom stereocenters. The number of likely N-dealkylation sites (tertiary alicyclic amines) is 1. The number of hydrogen-bond donors (Lipinski definition) is 2. The third-order valence-electron chi connectivity index (χ3n) is 6.39. The summed E-state index contributed by atoms with van der Waals surface area (Å²) in [4.78, 5) is 17.8. The SMILES string of the molecule is CCc1cc2cc(C(c3ccccc3)N3CCC(NCCOC)CC3)ccc2[nH]c1=O. The molecule has 4 rings (SSSR count). The maximum atomic E-state index is 12.2. The molecular weight excluding hydrogens is 386 g/mol. The van der Waals surface area contributed by atoms with Crippen molar-refractivity contribution in [1.82, 2.24) is 15.2 Å². The standard InChI is InChI=1S/C26H33N3O2/c1-3-19-17-22-18-21(9-10-24(22)28-26(19)30)25(20-7-5-4-6-8-20)29-14-11-23(12-15-29)27-13-16-31-2/h4-10,17-18,23,25,27H,3,11-16H2,1-2H3,(H,28,30). The molecule has 0 saturated carbocycles. The summed E-state index contributed by atoms with van der Waals surface area (Å²) >= 11 is 0. The fourth-order valence-corrected chi connectivity index (χ4v) is 4.68. The van der Waals surface area contributed by atoms with Gasteiger partial charge >= 0.3 is 0 Å². The maximum absolute atomic E-state index is 12.2. The Morgan fingerprint density at radius 1 is 1.10 bits per heavy atom. The van der Waals surface area contributed by atoms with Gasteiger partial charge in [0, 0.05) is 43.9 Å². The summed E-state index contributed by atoms with van der Waals surface area (Å²) in [6.07, 6.45) is 3.00. The van der Waals surface area contributed by atoms with Crippen molar-refractivity contribution < 1.29 is 4.74 Å². The minimum atomic E-state index is 0.0189. The topological polar surface area (TPSA) is 57.4 Å². The van der Waals surface area contributed by atoms with E-state index in [9.17, 15) is 4.79 Å². The van der Waals surface area contributed by atoms with Gasteiger partial charge in [-0.3, -0.25) is 9.69 Å². The number of H-pyrrole nitrogens is 1. The minimum absolute atomic E-state index is 0.0189. The van der Waals surface area contributed by atoms with E-state index in [-0.39, 0.29) is 11.6 Å². The molecule has 2 heterocycles. The lowest BCUT2D eigenvalue weighted by Crippen LogP contribution is -2.44. The van der Waals surface area contributed by atoms with Crippen LogP contribution in [0.2, 0.25) is 0 Å². The van der Waals surface area contributed by atoms with Crippen molar-refractivity contribution in [2.24, 2.45) is 0 Å². The lowest BCUT2D eigenvalue weighted by molar-refractivity contribution is 0.152. The summed E-state index contributed by atoms with van der Waals surface area (Å²) in [6, 6.07) is 20.1. The molecule has 0 bridgehead atoms. The van der Waals surface area contributed by atoms with Crippen LogP contribution in [0.3, 0.4) is 0 Å². The van der Waals surface area contributed by atoms with Gasteiger partial charge in [0.1, 0.15) is 0 Å². The van der Waals surface area contributed by atoms with Crippen LogP contribution in [0.4, 0.5) is 0 Å². The number of aromatic amines is 1. The van der Waals surface area contributed by atoms with Gasteiger partial charge in [0.15, 0.2) is 0 Å². The fourth-order valence-electron chi connectivity index (χ4n) is 4.68. The maximum Gasteiger partial charge on any atom is 0.251 e. The summed E-state index contributed by atoms with van der Waals surface area (Å²) in [7, 11) is 1.75. The molecule has 0 spiro atoms. The summed E-state index contributed by atoms with van der Waals surface area (Å²) in [5.74, 6) is 0. The zero-order valence-corrected chi connectivity index (χ0v) is 18.6. The second kappa shape index (κ2) is 10.2. The molecule has 1 aromatic heterocycles. The lowest BCUT2D eigenvalue weighted by atomic mass is 9.93. The van der Waals surface area contributed by atoms with Crippen molar-refractivity contribution in [2.45, 2.75) is 38.3 Å². The van der Waals surface area contributed by atoms with Gasteiger partial charge in [-0.05, 0) is 54.0 Å². The number of nitrogens with one attached hydrogen (secondary N) is 2.